The molecule has 1 N–H and O–H groups in total. The van der Waals surface area contributed by atoms with E-state index in [-0.39, 0.29) is 0 Å². The largest absolute Gasteiger partial charge is 0.469 e. The van der Waals surface area contributed by atoms with Gasteiger partial charge >= 0.3 is 17.7 Å². The summed E-state index contributed by atoms with van der Waals surface area (Å²) in [6, 6.07) is 2.32. The maximum Gasteiger partial charge on any atom is 0.446 e. The fourth-order valence-corrected chi connectivity index (χ4v) is 3.70. The summed E-state index contributed by atoms with van der Waals surface area (Å²) in [5, 5.41) is 13.6. The number of nitriles is 1. The number of anilines is 1. The van der Waals surface area contributed by atoms with Crippen molar-refractivity contribution in [3.63, 3.8) is 0 Å². The Kier molecular flexibility index (Phi) is 8.15. The zero-order valence-electron chi connectivity index (χ0n) is 16.1. The van der Waals surface area contributed by atoms with Crippen molar-refractivity contribution in [3.05, 3.63) is 33.4 Å². The van der Waals surface area contributed by atoms with E-state index in [0.29, 0.717) is 16.8 Å². The van der Waals surface area contributed by atoms with Crippen molar-refractivity contribution in [2.45, 2.75) is 29.4 Å². The first-order chi connectivity index (χ1) is 15.2. The summed E-state index contributed by atoms with van der Waals surface area (Å²) in [5.74, 6) is -2.49. The van der Waals surface area contributed by atoms with Crippen molar-refractivity contribution in [3.8, 4) is 11.8 Å². The molecule has 0 fully saturated rings. The van der Waals surface area contributed by atoms with Crippen molar-refractivity contribution < 1.29 is 40.7 Å². The topological polar surface area (TPSA) is 97.0 Å². The average molecular weight is 535 g/mol. The number of ether oxygens (including phenoxy) is 1. The molecule has 0 radical (unpaired) electrons. The second-order valence-corrected chi connectivity index (χ2v) is 7.90. The lowest BCUT2D eigenvalue weighted by molar-refractivity contribution is -0.141. The Hall–Kier alpha value is -2.63. The quantitative estimate of drug-likeness (QED) is 0.295. The monoisotopic (exact) mass is 534 g/mol. The Balaban J connectivity index is 2.67. The third-order valence-corrected chi connectivity index (χ3v) is 5.16. The van der Waals surface area contributed by atoms with Gasteiger partial charge in [0.25, 0.3) is 0 Å². The van der Waals surface area contributed by atoms with E-state index in [1.807, 2.05) is 0 Å². The van der Waals surface area contributed by atoms with Crippen molar-refractivity contribution in [1.29, 1.82) is 5.26 Å². The standard InChI is InChI=1S/C17H10Cl2F6N4O3S/c1-32-12(31)3-2-11(30)27-15-14(33-17(23,24)25)10(6-26)28-29(15)13-8(18)4-7(5-9(13)19)16(20,21)22/h4-5H,2-3H2,1H3,(H,27,30). The van der Waals surface area contributed by atoms with Gasteiger partial charge in [-0.05, 0) is 23.9 Å². The van der Waals surface area contributed by atoms with Crippen LogP contribution in [0.5, 0.6) is 0 Å². The molecule has 0 atom stereocenters. The number of amides is 1. The van der Waals surface area contributed by atoms with Crippen molar-refractivity contribution in [1.82, 2.24) is 9.78 Å². The number of carbonyl (C=O) groups is 2. The molecule has 1 aromatic heterocycles. The van der Waals surface area contributed by atoms with E-state index in [0.717, 1.165) is 7.11 Å². The number of aromatic nitrogens is 2. The van der Waals surface area contributed by atoms with Crippen LogP contribution < -0.4 is 5.32 Å². The summed E-state index contributed by atoms with van der Waals surface area (Å²) in [5.41, 5.74) is -7.51. The van der Waals surface area contributed by atoms with Crippen LogP contribution in [0.2, 0.25) is 10.0 Å². The van der Waals surface area contributed by atoms with Gasteiger partial charge in [0.15, 0.2) is 11.5 Å². The van der Waals surface area contributed by atoms with Crippen LogP contribution in [0.1, 0.15) is 24.1 Å². The number of halogens is 8. The van der Waals surface area contributed by atoms with Crippen LogP contribution in [-0.2, 0) is 20.5 Å². The van der Waals surface area contributed by atoms with Gasteiger partial charge in [-0.15, -0.1) is 0 Å². The summed E-state index contributed by atoms with van der Waals surface area (Å²) >= 11 is 11.0. The first kappa shape index (κ1) is 26.6. The van der Waals surface area contributed by atoms with Crippen LogP contribution in [0, 0.1) is 11.3 Å². The number of hydrogen-bond donors (Lipinski definition) is 1. The van der Waals surface area contributed by atoms with Crippen molar-refractivity contribution in [2.24, 2.45) is 0 Å². The number of nitrogens with zero attached hydrogens (tertiary/aromatic N) is 3. The zero-order chi connectivity index (χ0) is 25.1. The predicted octanol–water partition coefficient (Wildman–Crippen LogP) is 5.57. The lowest BCUT2D eigenvalue weighted by atomic mass is 10.2. The third-order valence-electron chi connectivity index (χ3n) is 3.76. The molecule has 16 heteroatoms. The molecule has 0 aliphatic carbocycles. The van der Waals surface area contributed by atoms with E-state index in [9.17, 15) is 41.2 Å². The molecule has 178 valence electrons. The average Bonchev–Trinajstić information content (AvgIpc) is 3.00. The fourth-order valence-electron chi connectivity index (χ4n) is 2.40. The van der Waals surface area contributed by atoms with Gasteiger partial charge < -0.3 is 10.1 Å². The summed E-state index contributed by atoms with van der Waals surface area (Å²) in [7, 11) is 1.06. The number of methoxy groups -OCH3 is 1. The van der Waals surface area contributed by atoms with Crippen LogP contribution in [0.3, 0.4) is 0 Å². The molecule has 0 saturated carbocycles. The second kappa shape index (κ2) is 10.1. The Bertz CT molecular complexity index is 1100. The van der Waals surface area contributed by atoms with E-state index in [4.69, 9.17) is 23.2 Å². The lowest BCUT2D eigenvalue weighted by Crippen LogP contribution is -2.18. The fraction of sp³-hybridized carbons (Fsp3) is 0.294. The predicted molar refractivity (Wildman–Crippen MR) is 105 cm³/mol. The smallest absolute Gasteiger partial charge is 0.446 e. The van der Waals surface area contributed by atoms with Gasteiger partial charge in [0.1, 0.15) is 11.8 Å². The van der Waals surface area contributed by atoms with E-state index >= 15 is 0 Å². The highest BCUT2D eigenvalue weighted by Gasteiger charge is 2.37. The Morgan fingerprint density at radius 2 is 1.76 bits per heavy atom. The molecule has 1 aromatic carbocycles. The maximum atomic E-state index is 13.1. The number of nitrogens with one attached hydrogen (secondary N) is 1. The van der Waals surface area contributed by atoms with Gasteiger partial charge in [0, 0.05) is 6.42 Å². The number of alkyl halides is 6. The molecular weight excluding hydrogens is 525 g/mol. The molecule has 0 bridgehead atoms. The van der Waals surface area contributed by atoms with E-state index < -0.39 is 85.9 Å². The molecule has 0 unspecified atom stereocenters. The summed E-state index contributed by atoms with van der Waals surface area (Å²) in [6.45, 7) is 0. The zero-order valence-corrected chi connectivity index (χ0v) is 18.4. The van der Waals surface area contributed by atoms with Gasteiger partial charge in [-0.2, -0.15) is 36.7 Å². The summed E-state index contributed by atoms with van der Waals surface area (Å²) < 4.78 is 83.2. The highest BCUT2D eigenvalue weighted by molar-refractivity contribution is 8.00. The van der Waals surface area contributed by atoms with E-state index in [1.165, 1.54) is 6.07 Å². The third kappa shape index (κ3) is 6.68. The summed E-state index contributed by atoms with van der Waals surface area (Å²) in [6.07, 6.45) is -5.79. The molecule has 0 aliphatic heterocycles. The molecule has 0 spiro atoms. The number of benzene rings is 1. The molecular formula is C17H10Cl2F6N4O3S. The molecule has 7 nitrogen and oxygen atoms in total. The first-order valence-electron chi connectivity index (χ1n) is 8.40. The number of carbonyl (C=O) groups excluding carboxylic acids is 2. The minimum Gasteiger partial charge on any atom is -0.469 e. The Morgan fingerprint density at radius 3 is 2.21 bits per heavy atom. The van der Waals surface area contributed by atoms with Gasteiger partial charge in [-0.25, -0.2) is 4.68 Å². The van der Waals surface area contributed by atoms with Crippen LogP contribution in [0.4, 0.5) is 32.2 Å². The van der Waals surface area contributed by atoms with Crippen LogP contribution in [0.15, 0.2) is 17.0 Å². The molecule has 2 rings (SSSR count). The molecule has 1 heterocycles. The maximum absolute atomic E-state index is 13.1. The molecule has 2 aromatic rings. The lowest BCUT2D eigenvalue weighted by Gasteiger charge is -2.15. The minimum absolute atomic E-state index is 0.425. The first-order valence-corrected chi connectivity index (χ1v) is 9.97. The van der Waals surface area contributed by atoms with E-state index in [1.54, 1.807) is 0 Å². The Morgan fingerprint density at radius 1 is 1.18 bits per heavy atom. The SMILES string of the molecule is COC(=O)CCC(=O)Nc1c(SC(F)(F)F)c(C#N)nn1-c1c(Cl)cc(C(F)(F)F)cc1Cl. The number of rotatable bonds is 6. The number of hydrogen-bond acceptors (Lipinski definition) is 6. The molecule has 0 aliphatic rings. The van der Waals surface area contributed by atoms with Gasteiger partial charge in [-0.3, -0.25) is 9.59 Å². The molecule has 33 heavy (non-hydrogen) atoms. The van der Waals surface area contributed by atoms with Gasteiger partial charge in [0.05, 0.1) is 34.0 Å². The van der Waals surface area contributed by atoms with E-state index in [2.05, 4.69) is 15.2 Å². The molecule has 0 saturated heterocycles. The summed E-state index contributed by atoms with van der Waals surface area (Å²) in [4.78, 5) is 22.6. The molecule has 1 amide bonds. The number of esters is 1. The highest BCUT2D eigenvalue weighted by atomic mass is 35.5. The highest BCUT2D eigenvalue weighted by Crippen LogP contribution is 2.45. The second-order valence-electron chi connectivity index (χ2n) is 6.01. The minimum atomic E-state index is -4.93. The Labute approximate surface area is 195 Å². The normalized spacial score (nSPS) is 11.8. The van der Waals surface area contributed by atoms with Crippen molar-refractivity contribution >= 4 is 52.7 Å². The van der Waals surface area contributed by atoms with Crippen LogP contribution in [-0.4, -0.2) is 34.3 Å². The van der Waals surface area contributed by atoms with Gasteiger partial charge in [-0.1, -0.05) is 23.2 Å². The number of thioether (sulfide) groups is 1. The van der Waals surface area contributed by atoms with Crippen LogP contribution >= 0.6 is 35.0 Å². The van der Waals surface area contributed by atoms with Gasteiger partial charge in [0.2, 0.25) is 5.91 Å². The van der Waals surface area contributed by atoms with Crippen LogP contribution in [0.25, 0.3) is 5.69 Å². The van der Waals surface area contributed by atoms with Crippen molar-refractivity contribution in [2.75, 3.05) is 12.4 Å².